The third-order valence-electron chi connectivity index (χ3n) is 4.33. The van der Waals surface area contributed by atoms with E-state index in [9.17, 15) is 9.18 Å². The molecule has 3 N–H and O–H groups in total. The molecule has 1 saturated carbocycles. The van der Waals surface area contributed by atoms with Gasteiger partial charge in [0.05, 0.1) is 5.41 Å². The predicted octanol–water partition coefficient (Wildman–Crippen LogP) is 2.74. The van der Waals surface area contributed by atoms with Crippen LogP contribution in [0.3, 0.4) is 0 Å². The summed E-state index contributed by atoms with van der Waals surface area (Å²) in [4.78, 5) is 12.5. The molecule has 0 aliphatic heterocycles. The van der Waals surface area contributed by atoms with Gasteiger partial charge < -0.3 is 11.1 Å². The van der Waals surface area contributed by atoms with Crippen molar-refractivity contribution in [2.24, 2.45) is 11.1 Å². The molecule has 0 radical (unpaired) electrons. The number of amides is 1. The maximum atomic E-state index is 13.5. The third-order valence-corrected chi connectivity index (χ3v) is 4.33. The maximum absolute atomic E-state index is 13.5. The Hall–Kier alpha value is -1.42. The molecule has 2 rings (SSSR count). The van der Waals surface area contributed by atoms with E-state index >= 15 is 0 Å². The lowest BCUT2D eigenvalue weighted by atomic mass is 9.79. The van der Waals surface area contributed by atoms with Crippen LogP contribution < -0.4 is 11.1 Å². The summed E-state index contributed by atoms with van der Waals surface area (Å²) < 4.78 is 13.5. The molecule has 110 valence electrons. The van der Waals surface area contributed by atoms with Gasteiger partial charge in [-0.1, -0.05) is 43.9 Å². The van der Waals surface area contributed by atoms with E-state index in [1.807, 2.05) is 0 Å². The van der Waals surface area contributed by atoms with E-state index in [1.54, 1.807) is 18.2 Å². The van der Waals surface area contributed by atoms with Crippen LogP contribution in [0.2, 0.25) is 0 Å². The number of carbonyl (C=O) groups is 1. The molecule has 1 aliphatic carbocycles. The minimum Gasteiger partial charge on any atom is -0.351 e. The second-order valence-electron chi connectivity index (χ2n) is 5.67. The van der Waals surface area contributed by atoms with Crippen LogP contribution >= 0.6 is 0 Å². The summed E-state index contributed by atoms with van der Waals surface area (Å²) in [7, 11) is 0. The average molecular weight is 278 g/mol. The van der Waals surface area contributed by atoms with Crippen LogP contribution in [0.25, 0.3) is 0 Å². The summed E-state index contributed by atoms with van der Waals surface area (Å²) in [6, 6.07) is 6.52. The first-order valence-electron chi connectivity index (χ1n) is 7.40. The average Bonchev–Trinajstić information content (AvgIpc) is 2.72. The van der Waals surface area contributed by atoms with Gasteiger partial charge in [-0.05, 0) is 18.9 Å². The molecule has 0 heterocycles. The summed E-state index contributed by atoms with van der Waals surface area (Å²) >= 11 is 0. The Morgan fingerprint density at radius 1 is 1.20 bits per heavy atom. The zero-order valence-electron chi connectivity index (χ0n) is 11.8. The predicted molar refractivity (Wildman–Crippen MR) is 77.4 cm³/mol. The number of hydrogen-bond donors (Lipinski definition) is 2. The quantitative estimate of drug-likeness (QED) is 0.832. The van der Waals surface area contributed by atoms with Gasteiger partial charge in [-0.25, -0.2) is 4.39 Å². The number of rotatable bonds is 4. The van der Waals surface area contributed by atoms with Crippen molar-refractivity contribution < 1.29 is 9.18 Å². The van der Waals surface area contributed by atoms with Gasteiger partial charge >= 0.3 is 0 Å². The van der Waals surface area contributed by atoms with Gasteiger partial charge in [0.25, 0.3) is 0 Å². The molecule has 0 bridgehead atoms. The first kappa shape index (κ1) is 15.0. The van der Waals surface area contributed by atoms with E-state index in [0.29, 0.717) is 12.1 Å². The molecule has 0 unspecified atom stereocenters. The number of carbonyl (C=O) groups excluding carboxylic acids is 1. The molecular formula is C16H23FN2O. The molecule has 4 heteroatoms. The molecule has 3 nitrogen and oxygen atoms in total. The van der Waals surface area contributed by atoms with Crippen LogP contribution in [0.5, 0.6) is 0 Å². The van der Waals surface area contributed by atoms with Gasteiger partial charge in [0, 0.05) is 18.7 Å². The second kappa shape index (κ2) is 6.84. The Morgan fingerprint density at radius 2 is 1.85 bits per heavy atom. The van der Waals surface area contributed by atoms with E-state index in [2.05, 4.69) is 5.32 Å². The number of nitrogens with one attached hydrogen (secondary N) is 1. The van der Waals surface area contributed by atoms with E-state index < -0.39 is 5.41 Å². The number of nitrogens with two attached hydrogens (primary N) is 1. The summed E-state index contributed by atoms with van der Waals surface area (Å²) in [5, 5.41) is 2.87. The van der Waals surface area contributed by atoms with Gasteiger partial charge in [0.1, 0.15) is 5.82 Å². The highest BCUT2D eigenvalue weighted by atomic mass is 19.1. The molecule has 0 saturated heterocycles. The largest absolute Gasteiger partial charge is 0.351 e. The SMILES string of the molecule is NCC1(C(=O)NCc2ccccc2F)CCCCCC1. The lowest BCUT2D eigenvalue weighted by Gasteiger charge is -2.29. The number of benzene rings is 1. The van der Waals surface area contributed by atoms with Crippen LogP contribution in [0.4, 0.5) is 4.39 Å². The fourth-order valence-corrected chi connectivity index (χ4v) is 2.93. The number of halogens is 1. The van der Waals surface area contributed by atoms with Crippen molar-refractivity contribution in [2.45, 2.75) is 45.1 Å². The summed E-state index contributed by atoms with van der Waals surface area (Å²) in [5.74, 6) is -0.305. The molecular weight excluding hydrogens is 255 g/mol. The Kier molecular flexibility index (Phi) is 5.12. The highest BCUT2D eigenvalue weighted by molar-refractivity contribution is 5.82. The van der Waals surface area contributed by atoms with Crippen LogP contribution in [-0.4, -0.2) is 12.5 Å². The van der Waals surface area contributed by atoms with Gasteiger partial charge in [0.2, 0.25) is 5.91 Å². The Morgan fingerprint density at radius 3 is 2.45 bits per heavy atom. The molecule has 1 aromatic carbocycles. The van der Waals surface area contributed by atoms with E-state index in [-0.39, 0.29) is 18.3 Å². The molecule has 1 fully saturated rings. The first-order chi connectivity index (χ1) is 9.68. The highest BCUT2D eigenvalue weighted by Gasteiger charge is 2.36. The Balaban J connectivity index is 2.00. The first-order valence-corrected chi connectivity index (χ1v) is 7.40. The minimum atomic E-state index is -0.457. The van der Waals surface area contributed by atoms with Crippen molar-refractivity contribution in [3.05, 3.63) is 35.6 Å². The summed E-state index contributed by atoms with van der Waals surface area (Å²) in [6.07, 6.45) is 6.11. The van der Waals surface area contributed by atoms with Gasteiger partial charge in [0.15, 0.2) is 0 Å². The monoisotopic (exact) mass is 278 g/mol. The van der Waals surface area contributed by atoms with Crippen molar-refractivity contribution >= 4 is 5.91 Å². The molecule has 1 aromatic rings. The number of hydrogen-bond acceptors (Lipinski definition) is 2. The highest BCUT2D eigenvalue weighted by Crippen LogP contribution is 2.34. The van der Waals surface area contributed by atoms with Crippen molar-refractivity contribution in [1.29, 1.82) is 0 Å². The van der Waals surface area contributed by atoms with Crippen molar-refractivity contribution in [3.63, 3.8) is 0 Å². The van der Waals surface area contributed by atoms with Crippen molar-refractivity contribution in [3.8, 4) is 0 Å². The standard InChI is InChI=1S/C16H23FN2O/c17-14-8-4-3-7-13(14)11-19-15(20)16(12-18)9-5-1-2-6-10-16/h3-4,7-8H,1-2,5-6,9-12,18H2,(H,19,20). The van der Waals surface area contributed by atoms with Gasteiger partial charge in [-0.15, -0.1) is 0 Å². The van der Waals surface area contributed by atoms with Crippen molar-refractivity contribution in [2.75, 3.05) is 6.54 Å². The smallest absolute Gasteiger partial charge is 0.227 e. The Labute approximate surface area is 119 Å². The molecule has 1 amide bonds. The van der Waals surface area contributed by atoms with E-state index in [4.69, 9.17) is 5.73 Å². The lowest BCUT2D eigenvalue weighted by molar-refractivity contribution is -0.131. The maximum Gasteiger partial charge on any atom is 0.227 e. The normalized spacial score (nSPS) is 18.3. The van der Waals surface area contributed by atoms with E-state index in [0.717, 1.165) is 25.7 Å². The zero-order chi connectivity index (χ0) is 14.4. The van der Waals surface area contributed by atoms with E-state index in [1.165, 1.54) is 18.9 Å². The molecule has 1 aliphatic rings. The fourth-order valence-electron chi connectivity index (χ4n) is 2.93. The fraction of sp³-hybridized carbons (Fsp3) is 0.562. The molecule has 20 heavy (non-hydrogen) atoms. The van der Waals surface area contributed by atoms with Gasteiger partial charge in [-0.2, -0.15) is 0 Å². The third kappa shape index (κ3) is 3.37. The van der Waals surface area contributed by atoms with Crippen LogP contribution in [0, 0.1) is 11.2 Å². The van der Waals surface area contributed by atoms with Crippen LogP contribution in [-0.2, 0) is 11.3 Å². The Bertz CT molecular complexity index is 454. The van der Waals surface area contributed by atoms with Crippen molar-refractivity contribution in [1.82, 2.24) is 5.32 Å². The molecule has 0 spiro atoms. The molecule has 0 atom stereocenters. The zero-order valence-corrected chi connectivity index (χ0v) is 11.8. The topological polar surface area (TPSA) is 55.1 Å². The van der Waals surface area contributed by atoms with Crippen LogP contribution in [0.15, 0.2) is 24.3 Å². The molecule has 0 aromatic heterocycles. The van der Waals surface area contributed by atoms with Gasteiger partial charge in [-0.3, -0.25) is 4.79 Å². The lowest BCUT2D eigenvalue weighted by Crippen LogP contribution is -2.45. The minimum absolute atomic E-state index is 0.0230. The summed E-state index contributed by atoms with van der Waals surface area (Å²) in [5.41, 5.74) is 5.93. The second-order valence-corrected chi connectivity index (χ2v) is 5.67. The van der Waals surface area contributed by atoms with Crippen LogP contribution in [0.1, 0.15) is 44.1 Å². The summed E-state index contributed by atoms with van der Waals surface area (Å²) in [6.45, 7) is 0.601.